The van der Waals surface area contributed by atoms with E-state index in [-0.39, 0.29) is 12.1 Å². The number of sulfone groups is 1. The third-order valence-electron chi connectivity index (χ3n) is 4.70. The number of hydrogen-bond acceptors (Lipinski definition) is 5. The Bertz CT molecular complexity index is 757. The van der Waals surface area contributed by atoms with Gasteiger partial charge in [-0.1, -0.05) is 36.8 Å². The zero-order chi connectivity index (χ0) is 20.6. The fourth-order valence-corrected chi connectivity index (χ4v) is 2.96. The maximum Gasteiger partial charge on any atom is 0.175 e. The number of rotatable bonds is 10. The Labute approximate surface area is 164 Å². The highest BCUT2D eigenvalue weighted by atomic mass is 32.2. The Morgan fingerprint density at radius 2 is 1.96 bits per heavy atom. The SMILES string of the molecule is C/C=C(\C)C(CCN(C)/N=N\C(C)C(C)C)Nc1cccc(S(C)(=O)=O)c1. The van der Waals surface area contributed by atoms with Crippen molar-refractivity contribution in [2.75, 3.05) is 25.2 Å². The van der Waals surface area contributed by atoms with Crippen molar-refractivity contribution in [1.82, 2.24) is 5.01 Å². The number of nitrogens with one attached hydrogen (secondary N) is 1. The molecule has 2 unspecified atom stereocenters. The summed E-state index contributed by atoms with van der Waals surface area (Å²) in [7, 11) is -1.31. The lowest BCUT2D eigenvalue weighted by molar-refractivity contribution is 0.304. The fraction of sp³-hybridized carbons (Fsp3) is 0.600. The van der Waals surface area contributed by atoms with E-state index in [1.165, 1.54) is 11.8 Å². The molecule has 1 aromatic carbocycles. The summed E-state index contributed by atoms with van der Waals surface area (Å²) >= 11 is 0. The van der Waals surface area contributed by atoms with Crippen molar-refractivity contribution in [3.63, 3.8) is 0 Å². The molecule has 0 spiro atoms. The largest absolute Gasteiger partial charge is 0.378 e. The van der Waals surface area contributed by atoms with Crippen molar-refractivity contribution in [2.45, 2.75) is 58.0 Å². The fourth-order valence-electron chi connectivity index (χ4n) is 2.30. The van der Waals surface area contributed by atoms with Crippen LogP contribution in [-0.4, -0.2) is 45.4 Å². The van der Waals surface area contributed by atoms with Gasteiger partial charge in [0.05, 0.1) is 10.9 Å². The average molecular weight is 395 g/mol. The first-order chi connectivity index (χ1) is 12.5. The first-order valence-electron chi connectivity index (χ1n) is 9.36. The highest BCUT2D eigenvalue weighted by molar-refractivity contribution is 7.90. The van der Waals surface area contributed by atoms with Gasteiger partial charge in [0.2, 0.25) is 0 Å². The van der Waals surface area contributed by atoms with Gasteiger partial charge in [0.25, 0.3) is 0 Å². The topological polar surface area (TPSA) is 74.1 Å². The summed E-state index contributed by atoms with van der Waals surface area (Å²) in [6.07, 6.45) is 4.12. The van der Waals surface area contributed by atoms with E-state index in [4.69, 9.17) is 0 Å². The molecule has 152 valence electrons. The molecule has 0 saturated heterocycles. The molecule has 1 aromatic rings. The van der Waals surface area contributed by atoms with Crippen LogP contribution in [0.1, 0.15) is 41.0 Å². The van der Waals surface area contributed by atoms with Gasteiger partial charge in [0.15, 0.2) is 9.84 Å². The van der Waals surface area contributed by atoms with E-state index in [0.717, 1.165) is 18.7 Å². The van der Waals surface area contributed by atoms with Crippen LogP contribution in [0.15, 0.2) is 51.1 Å². The third kappa shape index (κ3) is 8.12. The maximum atomic E-state index is 11.8. The predicted octanol–water partition coefficient (Wildman–Crippen LogP) is 4.57. The summed E-state index contributed by atoms with van der Waals surface area (Å²) in [6.45, 7) is 11.1. The van der Waals surface area contributed by atoms with Gasteiger partial charge in [-0.05, 0) is 51.3 Å². The molecule has 0 aliphatic carbocycles. The van der Waals surface area contributed by atoms with Gasteiger partial charge in [-0.2, -0.15) is 5.11 Å². The van der Waals surface area contributed by atoms with Crippen molar-refractivity contribution in [2.24, 2.45) is 16.3 Å². The molecular weight excluding hydrogens is 360 g/mol. The summed E-state index contributed by atoms with van der Waals surface area (Å²) in [4.78, 5) is 0.318. The van der Waals surface area contributed by atoms with Crippen molar-refractivity contribution < 1.29 is 8.42 Å². The molecular formula is C20H34N4O2S. The third-order valence-corrected chi connectivity index (χ3v) is 5.81. The number of allylic oxidation sites excluding steroid dienone is 1. The van der Waals surface area contributed by atoms with E-state index in [9.17, 15) is 8.42 Å². The van der Waals surface area contributed by atoms with Gasteiger partial charge < -0.3 is 5.32 Å². The molecule has 0 aromatic heterocycles. The molecule has 0 heterocycles. The summed E-state index contributed by atoms with van der Waals surface area (Å²) in [6, 6.07) is 7.22. The van der Waals surface area contributed by atoms with Gasteiger partial charge >= 0.3 is 0 Å². The minimum atomic E-state index is -3.23. The normalized spacial score (nSPS) is 15.2. The summed E-state index contributed by atoms with van der Waals surface area (Å²) < 4.78 is 23.6. The van der Waals surface area contributed by atoms with Gasteiger partial charge in [0.1, 0.15) is 0 Å². The van der Waals surface area contributed by atoms with Crippen molar-refractivity contribution in [1.29, 1.82) is 0 Å². The van der Waals surface area contributed by atoms with Gasteiger partial charge in [0, 0.05) is 31.6 Å². The highest BCUT2D eigenvalue weighted by Gasteiger charge is 2.14. The van der Waals surface area contributed by atoms with E-state index < -0.39 is 9.84 Å². The predicted molar refractivity (Wildman–Crippen MR) is 113 cm³/mol. The molecule has 27 heavy (non-hydrogen) atoms. The molecule has 0 bridgehead atoms. The van der Waals surface area contributed by atoms with Gasteiger partial charge in [-0.25, -0.2) is 8.42 Å². The molecule has 1 rings (SSSR count). The van der Waals surface area contributed by atoms with E-state index in [0.29, 0.717) is 10.8 Å². The maximum absolute atomic E-state index is 11.8. The second-order valence-corrected chi connectivity index (χ2v) is 9.40. The summed E-state index contributed by atoms with van der Waals surface area (Å²) in [5.41, 5.74) is 1.99. The molecule has 0 radical (unpaired) electrons. The van der Waals surface area contributed by atoms with Gasteiger partial charge in [-0.3, -0.25) is 5.01 Å². The standard InChI is InChI=1S/C20H34N4O2S/c1-8-16(4)20(12-13-24(6)23-22-17(5)15(2)3)21-18-10-9-11-19(14-18)27(7,25)26/h8-11,14-15,17,20-21H,12-13H2,1-7H3/b16-8+,23-22-. The minimum absolute atomic E-state index is 0.0879. The van der Waals surface area contributed by atoms with Crippen LogP contribution in [0.4, 0.5) is 5.69 Å². The molecule has 0 saturated carbocycles. The first-order valence-corrected chi connectivity index (χ1v) is 11.2. The number of benzene rings is 1. The highest BCUT2D eigenvalue weighted by Crippen LogP contribution is 2.19. The molecule has 1 N–H and O–H groups in total. The van der Waals surface area contributed by atoms with Crippen LogP contribution in [0.3, 0.4) is 0 Å². The molecule has 7 heteroatoms. The van der Waals surface area contributed by atoms with Gasteiger partial charge in [-0.15, -0.1) is 0 Å². The lowest BCUT2D eigenvalue weighted by Crippen LogP contribution is -2.26. The van der Waals surface area contributed by atoms with E-state index in [1.54, 1.807) is 18.2 Å². The average Bonchev–Trinajstić information content (AvgIpc) is 2.61. The molecule has 2 atom stereocenters. The van der Waals surface area contributed by atoms with Crippen molar-refractivity contribution in [3.05, 3.63) is 35.9 Å². The first kappa shape index (κ1) is 23.1. The lowest BCUT2D eigenvalue weighted by Gasteiger charge is -2.23. The van der Waals surface area contributed by atoms with Crippen LogP contribution >= 0.6 is 0 Å². The quantitative estimate of drug-likeness (QED) is 0.358. The monoisotopic (exact) mass is 394 g/mol. The zero-order valence-electron chi connectivity index (χ0n) is 17.6. The van der Waals surface area contributed by atoms with E-state index >= 15 is 0 Å². The molecule has 0 amide bonds. The van der Waals surface area contributed by atoms with E-state index in [1.807, 2.05) is 25.0 Å². The minimum Gasteiger partial charge on any atom is -0.378 e. The summed E-state index contributed by atoms with van der Waals surface area (Å²) in [5, 5.41) is 13.9. The van der Waals surface area contributed by atoms with Crippen LogP contribution in [0, 0.1) is 5.92 Å². The number of anilines is 1. The molecule has 6 nitrogen and oxygen atoms in total. The van der Waals surface area contributed by atoms with Crippen LogP contribution in [0.25, 0.3) is 0 Å². The zero-order valence-corrected chi connectivity index (χ0v) is 18.4. The van der Waals surface area contributed by atoms with Crippen LogP contribution in [0.5, 0.6) is 0 Å². The van der Waals surface area contributed by atoms with Crippen LogP contribution < -0.4 is 5.32 Å². The van der Waals surface area contributed by atoms with Crippen molar-refractivity contribution >= 4 is 15.5 Å². The van der Waals surface area contributed by atoms with E-state index in [2.05, 4.69) is 49.4 Å². The van der Waals surface area contributed by atoms with Crippen LogP contribution in [0.2, 0.25) is 0 Å². The Balaban J connectivity index is 2.81. The lowest BCUT2D eigenvalue weighted by atomic mass is 10.0. The van der Waals surface area contributed by atoms with Crippen molar-refractivity contribution in [3.8, 4) is 0 Å². The molecule has 0 aliphatic rings. The molecule has 0 fully saturated rings. The smallest absolute Gasteiger partial charge is 0.175 e. The van der Waals surface area contributed by atoms with Crippen LogP contribution in [-0.2, 0) is 9.84 Å². The second-order valence-electron chi connectivity index (χ2n) is 7.39. The Kier molecular flexibility index (Phi) is 8.96. The Morgan fingerprint density at radius 1 is 1.30 bits per heavy atom. The number of nitrogens with zero attached hydrogens (tertiary/aromatic N) is 3. The Hall–Kier alpha value is -1.89. The second kappa shape index (κ2) is 10.4. The number of hydrogen-bond donors (Lipinski definition) is 1. The molecule has 0 aliphatic heterocycles. The summed E-state index contributed by atoms with van der Waals surface area (Å²) in [5.74, 6) is 0.462. The Morgan fingerprint density at radius 3 is 2.52 bits per heavy atom.